The van der Waals surface area contributed by atoms with Crippen molar-refractivity contribution in [3.05, 3.63) is 35.9 Å². The summed E-state index contributed by atoms with van der Waals surface area (Å²) in [6, 6.07) is 7.71. The lowest BCUT2D eigenvalue weighted by Gasteiger charge is -2.31. The van der Waals surface area contributed by atoms with E-state index in [0.717, 1.165) is 10.6 Å². The van der Waals surface area contributed by atoms with Gasteiger partial charge in [-0.05, 0) is 25.3 Å². The molecular weight excluding hydrogens is 392 g/mol. The SMILES string of the molecule is CCOC(=O)CN(NC(=O)OCc1ccccc1)C(=O)N1CCC[C@H]1C(=O)N(C)C. The fraction of sp³-hybridized carbons (Fsp3) is 0.500. The maximum Gasteiger partial charge on any atom is 0.426 e. The zero-order valence-electron chi connectivity index (χ0n) is 17.5. The van der Waals surface area contributed by atoms with Crippen LogP contribution in [-0.4, -0.2) is 78.6 Å². The van der Waals surface area contributed by atoms with E-state index >= 15 is 0 Å². The second-order valence-corrected chi connectivity index (χ2v) is 6.93. The normalized spacial score (nSPS) is 15.3. The molecule has 1 fully saturated rings. The highest BCUT2D eigenvalue weighted by atomic mass is 16.6. The number of nitrogens with one attached hydrogen (secondary N) is 1. The van der Waals surface area contributed by atoms with Gasteiger partial charge in [0, 0.05) is 20.6 Å². The quantitative estimate of drug-likeness (QED) is 0.550. The van der Waals surface area contributed by atoms with Gasteiger partial charge in [-0.25, -0.2) is 20.0 Å². The smallest absolute Gasteiger partial charge is 0.426 e. The maximum absolute atomic E-state index is 13.0. The van der Waals surface area contributed by atoms with Crippen LogP contribution < -0.4 is 5.43 Å². The number of rotatable bonds is 6. The minimum Gasteiger partial charge on any atom is -0.465 e. The van der Waals surface area contributed by atoms with Gasteiger partial charge in [0.1, 0.15) is 19.2 Å². The third-order valence-electron chi connectivity index (χ3n) is 4.49. The van der Waals surface area contributed by atoms with Crippen molar-refractivity contribution in [3.8, 4) is 0 Å². The molecule has 1 saturated heterocycles. The zero-order chi connectivity index (χ0) is 22.1. The molecule has 2 rings (SSSR count). The number of benzene rings is 1. The predicted molar refractivity (Wildman–Crippen MR) is 107 cm³/mol. The Hall–Kier alpha value is -3.30. The lowest BCUT2D eigenvalue weighted by atomic mass is 10.2. The van der Waals surface area contributed by atoms with Crippen molar-refractivity contribution in [2.24, 2.45) is 0 Å². The van der Waals surface area contributed by atoms with E-state index in [-0.39, 0.29) is 19.1 Å². The van der Waals surface area contributed by atoms with Gasteiger partial charge < -0.3 is 19.3 Å². The molecule has 1 aromatic rings. The van der Waals surface area contributed by atoms with E-state index < -0.39 is 30.7 Å². The largest absolute Gasteiger partial charge is 0.465 e. The number of amides is 4. The Kier molecular flexibility index (Phi) is 8.45. The van der Waals surface area contributed by atoms with Crippen molar-refractivity contribution < 1.29 is 28.7 Å². The van der Waals surface area contributed by atoms with Crippen LogP contribution in [0.5, 0.6) is 0 Å². The molecule has 1 aromatic carbocycles. The summed E-state index contributed by atoms with van der Waals surface area (Å²) in [6.45, 7) is 1.60. The van der Waals surface area contributed by atoms with Crippen molar-refractivity contribution in [3.63, 3.8) is 0 Å². The molecule has 1 atom stereocenters. The number of carbonyl (C=O) groups is 4. The van der Waals surface area contributed by atoms with E-state index in [4.69, 9.17) is 9.47 Å². The van der Waals surface area contributed by atoms with Gasteiger partial charge in [0.15, 0.2) is 0 Å². The molecule has 0 radical (unpaired) electrons. The average molecular weight is 420 g/mol. The van der Waals surface area contributed by atoms with Crippen molar-refractivity contribution >= 4 is 24.0 Å². The third-order valence-corrected chi connectivity index (χ3v) is 4.49. The van der Waals surface area contributed by atoms with Crippen LogP contribution in [0.3, 0.4) is 0 Å². The number of esters is 1. The molecule has 0 unspecified atom stereocenters. The Morgan fingerprint density at radius 2 is 1.83 bits per heavy atom. The monoisotopic (exact) mass is 420 g/mol. The first kappa shape index (κ1) is 23.0. The summed E-state index contributed by atoms with van der Waals surface area (Å²) < 4.78 is 10.0. The van der Waals surface area contributed by atoms with Crippen LogP contribution in [0.4, 0.5) is 9.59 Å². The van der Waals surface area contributed by atoms with E-state index in [1.165, 1.54) is 9.80 Å². The number of hydrazine groups is 1. The van der Waals surface area contributed by atoms with Crippen LogP contribution >= 0.6 is 0 Å². The molecule has 10 nitrogen and oxygen atoms in total. The van der Waals surface area contributed by atoms with Crippen LogP contribution in [0, 0.1) is 0 Å². The molecule has 4 amide bonds. The second-order valence-electron chi connectivity index (χ2n) is 6.93. The summed E-state index contributed by atoms with van der Waals surface area (Å²) in [5, 5.41) is 0.826. The summed E-state index contributed by atoms with van der Waals surface area (Å²) >= 11 is 0. The standard InChI is InChI=1S/C20H28N4O6/c1-4-29-17(25)13-24(21-19(27)30-14-15-9-6-5-7-10-15)20(28)23-12-8-11-16(23)18(26)22(2)3/h5-7,9-10,16H,4,8,11-14H2,1-3H3,(H,21,27)/t16-/m0/s1. The molecule has 0 aliphatic carbocycles. The van der Waals surface area contributed by atoms with Crippen molar-refractivity contribution in [1.82, 2.24) is 20.2 Å². The molecule has 0 aromatic heterocycles. The van der Waals surface area contributed by atoms with Crippen LogP contribution in [0.1, 0.15) is 25.3 Å². The van der Waals surface area contributed by atoms with Crippen molar-refractivity contribution in [2.75, 3.05) is 33.8 Å². The zero-order valence-corrected chi connectivity index (χ0v) is 17.5. The number of nitrogens with zero attached hydrogens (tertiary/aromatic N) is 3. The summed E-state index contributed by atoms with van der Waals surface area (Å²) in [5.74, 6) is -0.910. The van der Waals surface area contributed by atoms with E-state index in [9.17, 15) is 19.2 Å². The number of hydrogen-bond donors (Lipinski definition) is 1. The maximum atomic E-state index is 13.0. The first-order valence-electron chi connectivity index (χ1n) is 9.75. The van der Waals surface area contributed by atoms with Gasteiger partial charge in [0.05, 0.1) is 6.61 Å². The lowest BCUT2D eigenvalue weighted by molar-refractivity contribution is -0.144. The van der Waals surface area contributed by atoms with Gasteiger partial charge in [0.2, 0.25) is 5.91 Å². The number of likely N-dealkylation sites (tertiary alicyclic amines) is 1. The van der Waals surface area contributed by atoms with Crippen LogP contribution in [0.25, 0.3) is 0 Å². The van der Waals surface area contributed by atoms with Gasteiger partial charge in [-0.2, -0.15) is 0 Å². The highest BCUT2D eigenvalue weighted by Crippen LogP contribution is 2.20. The Morgan fingerprint density at radius 3 is 2.47 bits per heavy atom. The predicted octanol–water partition coefficient (Wildman–Crippen LogP) is 1.37. The van der Waals surface area contributed by atoms with E-state index in [1.807, 2.05) is 18.2 Å². The van der Waals surface area contributed by atoms with E-state index in [0.29, 0.717) is 19.4 Å². The van der Waals surface area contributed by atoms with Gasteiger partial charge in [0.25, 0.3) is 0 Å². The minimum atomic E-state index is -0.897. The molecule has 0 spiro atoms. The Bertz CT molecular complexity index is 755. The number of likely N-dealkylation sites (N-methyl/N-ethyl adjacent to an activating group) is 1. The number of urea groups is 1. The van der Waals surface area contributed by atoms with Gasteiger partial charge in [-0.3, -0.25) is 9.59 Å². The Labute approximate surface area is 175 Å². The Balaban J connectivity index is 2.07. The molecule has 10 heteroatoms. The highest BCUT2D eigenvalue weighted by Gasteiger charge is 2.38. The average Bonchev–Trinajstić information content (AvgIpc) is 3.21. The minimum absolute atomic E-state index is 0.000432. The van der Waals surface area contributed by atoms with Gasteiger partial charge in [-0.15, -0.1) is 0 Å². The van der Waals surface area contributed by atoms with E-state index in [2.05, 4.69) is 5.43 Å². The molecular formula is C20H28N4O6. The summed E-state index contributed by atoms with van der Waals surface area (Å²) in [7, 11) is 3.22. The molecule has 1 aliphatic rings. The summed E-state index contributed by atoms with van der Waals surface area (Å²) in [4.78, 5) is 52.4. The molecule has 0 saturated carbocycles. The fourth-order valence-corrected chi connectivity index (χ4v) is 3.06. The highest BCUT2D eigenvalue weighted by molar-refractivity contribution is 5.89. The number of ether oxygens (including phenoxy) is 2. The molecule has 1 heterocycles. The molecule has 30 heavy (non-hydrogen) atoms. The van der Waals surface area contributed by atoms with Crippen LogP contribution in [0.15, 0.2) is 30.3 Å². The lowest BCUT2D eigenvalue weighted by Crippen LogP contribution is -2.57. The van der Waals surface area contributed by atoms with Gasteiger partial charge in [-0.1, -0.05) is 30.3 Å². The molecule has 1 aliphatic heterocycles. The fourth-order valence-electron chi connectivity index (χ4n) is 3.06. The van der Waals surface area contributed by atoms with Crippen LogP contribution in [0.2, 0.25) is 0 Å². The number of hydrogen-bond acceptors (Lipinski definition) is 6. The topological polar surface area (TPSA) is 108 Å². The molecule has 0 bridgehead atoms. The van der Waals surface area contributed by atoms with Crippen LogP contribution in [-0.2, 0) is 25.7 Å². The first-order chi connectivity index (χ1) is 14.3. The second kappa shape index (κ2) is 11.0. The molecule has 1 N–H and O–H groups in total. The van der Waals surface area contributed by atoms with Gasteiger partial charge >= 0.3 is 18.1 Å². The third kappa shape index (κ3) is 6.36. The molecule has 164 valence electrons. The van der Waals surface area contributed by atoms with Crippen molar-refractivity contribution in [2.45, 2.75) is 32.4 Å². The van der Waals surface area contributed by atoms with E-state index in [1.54, 1.807) is 33.2 Å². The first-order valence-corrected chi connectivity index (χ1v) is 9.75. The Morgan fingerprint density at radius 1 is 1.13 bits per heavy atom. The summed E-state index contributed by atoms with van der Waals surface area (Å²) in [6.07, 6.45) is 0.252. The van der Waals surface area contributed by atoms with Crippen molar-refractivity contribution in [1.29, 1.82) is 0 Å². The summed E-state index contributed by atoms with van der Waals surface area (Å²) in [5.41, 5.74) is 3.07. The number of carbonyl (C=O) groups excluding carboxylic acids is 4.